The molecule has 0 fully saturated rings. The SMILES string of the molecule is CCCCCCCCCCCCc1ccc(O)c(C=NCCN=Cc2cc(CCCCCCCCCCCC)ccc2O)c1. The molecule has 0 unspecified atom stereocenters. The molecule has 0 atom stereocenters. The van der Waals surface area contributed by atoms with E-state index in [2.05, 4.69) is 36.0 Å². The van der Waals surface area contributed by atoms with E-state index in [4.69, 9.17) is 0 Å². The minimum absolute atomic E-state index is 0.272. The Morgan fingerprint density at radius 1 is 0.455 bits per heavy atom. The molecule has 246 valence electrons. The van der Waals surface area contributed by atoms with E-state index in [1.807, 2.05) is 12.1 Å². The topological polar surface area (TPSA) is 65.2 Å². The first-order chi connectivity index (χ1) is 21.6. The minimum atomic E-state index is 0.272. The van der Waals surface area contributed by atoms with E-state index in [-0.39, 0.29) is 11.5 Å². The number of aromatic hydroxyl groups is 2. The van der Waals surface area contributed by atoms with Crippen molar-refractivity contribution in [3.8, 4) is 11.5 Å². The summed E-state index contributed by atoms with van der Waals surface area (Å²) < 4.78 is 0. The standard InChI is InChI=1S/C40H64N2O2/c1-3-5-7-9-11-13-15-17-19-21-23-35-25-27-39(43)37(31-35)33-41-29-30-42-34-38-32-36(26-28-40(38)44)24-22-20-18-16-14-12-10-8-6-4-2/h25-28,31-34,43-44H,3-24,29-30H2,1-2H3. The molecule has 0 saturated carbocycles. The van der Waals surface area contributed by atoms with Gasteiger partial charge in [-0.05, 0) is 61.1 Å². The number of aliphatic imine (C=N–C) groups is 2. The van der Waals surface area contributed by atoms with Gasteiger partial charge in [0.15, 0.2) is 0 Å². The van der Waals surface area contributed by atoms with Gasteiger partial charge in [0.05, 0.1) is 13.1 Å². The summed E-state index contributed by atoms with van der Waals surface area (Å²) >= 11 is 0. The highest BCUT2D eigenvalue weighted by Gasteiger charge is 2.03. The quantitative estimate of drug-likeness (QED) is 0.0787. The zero-order valence-corrected chi connectivity index (χ0v) is 28.4. The summed E-state index contributed by atoms with van der Waals surface area (Å²) in [6.07, 6.45) is 32.4. The van der Waals surface area contributed by atoms with Gasteiger partial charge in [-0.1, -0.05) is 142 Å². The molecule has 4 nitrogen and oxygen atoms in total. The molecule has 2 aromatic carbocycles. The molecule has 0 saturated heterocycles. The number of hydrogen-bond donors (Lipinski definition) is 2. The lowest BCUT2D eigenvalue weighted by Crippen LogP contribution is -1.94. The van der Waals surface area contributed by atoms with E-state index in [0.717, 1.165) is 24.0 Å². The Morgan fingerprint density at radius 2 is 0.773 bits per heavy atom. The molecule has 0 aliphatic rings. The van der Waals surface area contributed by atoms with Crippen LogP contribution in [0.4, 0.5) is 0 Å². The van der Waals surface area contributed by atoms with E-state index in [1.54, 1.807) is 24.6 Å². The third-order valence-electron chi connectivity index (χ3n) is 8.64. The zero-order chi connectivity index (χ0) is 31.5. The number of phenols is 2. The number of rotatable bonds is 27. The monoisotopic (exact) mass is 604 g/mol. The van der Waals surface area contributed by atoms with Crippen molar-refractivity contribution in [2.45, 2.75) is 155 Å². The average molecular weight is 605 g/mol. The van der Waals surface area contributed by atoms with Crippen molar-refractivity contribution in [1.29, 1.82) is 0 Å². The van der Waals surface area contributed by atoms with Gasteiger partial charge in [-0.2, -0.15) is 0 Å². The fourth-order valence-corrected chi connectivity index (χ4v) is 5.80. The van der Waals surface area contributed by atoms with Crippen LogP contribution in [0.2, 0.25) is 0 Å². The molecule has 0 aliphatic heterocycles. The summed E-state index contributed by atoms with van der Waals surface area (Å²) in [5.41, 5.74) is 4.07. The summed E-state index contributed by atoms with van der Waals surface area (Å²) in [5, 5.41) is 20.6. The van der Waals surface area contributed by atoms with Gasteiger partial charge in [-0.15, -0.1) is 0 Å². The van der Waals surface area contributed by atoms with Gasteiger partial charge in [0.1, 0.15) is 11.5 Å². The lowest BCUT2D eigenvalue weighted by molar-refractivity contribution is 0.473. The van der Waals surface area contributed by atoms with Crippen molar-refractivity contribution in [2.75, 3.05) is 13.1 Å². The molecule has 2 rings (SSSR count). The summed E-state index contributed by atoms with van der Waals surface area (Å²) in [7, 11) is 0. The number of unbranched alkanes of at least 4 members (excludes halogenated alkanes) is 18. The van der Waals surface area contributed by atoms with Crippen LogP contribution < -0.4 is 0 Å². The van der Waals surface area contributed by atoms with Crippen LogP contribution in [0.3, 0.4) is 0 Å². The molecular weight excluding hydrogens is 540 g/mol. The third-order valence-corrected chi connectivity index (χ3v) is 8.64. The van der Waals surface area contributed by atoms with E-state index >= 15 is 0 Å². The van der Waals surface area contributed by atoms with Crippen molar-refractivity contribution in [2.24, 2.45) is 9.98 Å². The van der Waals surface area contributed by atoms with E-state index in [0.29, 0.717) is 13.1 Å². The smallest absolute Gasteiger partial charge is 0.124 e. The van der Waals surface area contributed by atoms with Crippen LogP contribution in [0.25, 0.3) is 0 Å². The van der Waals surface area contributed by atoms with Crippen molar-refractivity contribution in [3.63, 3.8) is 0 Å². The second-order valence-corrected chi connectivity index (χ2v) is 12.7. The predicted molar refractivity (Wildman–Crippen MR) is 192 cm³/mol. The van der Waals surface area contributed by atoms with E-state index in [9.17, 15) is 10.2 Å². The van der Waals surface area contributed by atoms with Crippen LogP contribution in [-0.2, 0) is 12.8 Å². The van der Waals surface area contributed by atoms with Crippen molar-refractivity contribution in [1.82, 2.24) is 0 Å². The number of nitrogens with zero attached hydrogens (tertiary/aromatic N) is 2. The van der Waals surface area contributed by atoms with E-state index < -0.39 is 0 Å². The van der Waals surface area contributed by atoms with Gasteiger partial charge in [0, 0.05) is 23.6 Å². The average Bonchev–Trinajstić information content (AvgIpc) is 3.03. The first-order valence-corrected chi connectivity index (χ1v) is 18.3. The zero-order valence-electron chi connectivity index (χ0n) is 28.4. The highest BCUT2D eigenvalue weighted by Crippen LogP contribution is 2.20. The number of aryl methyl sites for hydroxylation is 2. The van der Waals surface area contributed by atoms with Gasteiger partial charge in [0.25, 0.3) is 0 Å². The van der Waals surface area contributed by atoms with Crippen molar-refractivity contribution >= 4 is 12.4 Å². The summed E-state index contributed by atoms with van der Waals surface area (Å²) in [6, 6.07) is 11.8. The second kappa shape index (κ2) is 25.7. The highest BCUT2D eigenvalue weighted by molar-refractivity contribution is 5.84. The van der Waals surface area contributed by atoms with Crippen molar-refractivity contribution in [3.05, 3.63) is 58.7 Å². The molecule has 2 N–H and O–H groups in total. The lowest BCUT2D eigenvalue weighted by Gasteiger charge is -2.06. The maximum absolute atomic E-state index is 10.3. The predicted octanol–water partition coefficient (Wildman–Crippen LogP) is 11.6. The fraction of sp³-hybridized carbons (Fsp3) is 0.650. The van der Waals surface area contributed by atoms with Gasteiger partial charge in [0.2, 0.25) is 0 Å². The Morgan fingerprint density at radius 3 is 1.11 bits per heavy atom. The van der Waals surface area contributed by atoms with E-state index in [1.165, 1.54) is 140 Å². The van der Waals surface area contributed by atoms with Crippen LogP contribution in [0.5, 0.6) is 11.5 Å². The normalized spacial score (nSPS) is 11.8. The maximum atomic E-state index is 10.3. The lowest BCUT2D eigenvalue weighted by atomic mass is 10.0. The van der Waals surface area contributed by atoms with Gasteiger partial charge >= 0.3 is 0 Å². The summed E-state index contributed by atoms with van der Waals surface area (Å²) in [4.78, 5) is 9.00. The van der Waals surface area contributed by atoms with Crippen molar-refractivity contribution < 1.29 is 10.2 Å². The Labute approximate surface area is 270 Å². The Bertz CT molecular complexity index is 962. The molecule has 0 heterocycles. The van der Waals surface area contributed by atoms with Crippen LogP contribution >= 0.6 is 0 Å². The Kier molecular flexibility index (Phi) is 21.9. The number of benzene rings is 2. The first-order valence-electron chi connectivity index (χ1n) is 18.3. The van der Waals surface area contributed by atoms with Gasteiger partial charge in [-0.25, -0.2) is 0 Å². The molecule has 0 amide bonds. The first kappa shape index (κ1) is 37.6. The van der Waals surface area contributed by atoms with Crippen LogP contribution in [0.1, 0.15) is 165 Å². The van der Waals surface area contributed by atoms with Crippen LogP contribution in [0.15, 0.2) is 46.4 Å². The Hall–Kier alpha value is -2.62. The molecule has 4 heteroatoms. The molecule has 2 aromatic rings. The largest absolute Gasteiger partial charge is 0.507 e. The molecular formula is C40H64N2O2. The van der Waals surface area contributed by atoms with Crippen LogP contribution in [0, 0.1) is 0 Å². The fourth-order valence-electron chi connectivity index (χ4n) is 5.80. The number of phenolic OH excluding ortho intramolecular Hbond substituents is 2. The second-order valence-electron chi connectivity index (χ2n) is 12.7. The summed E-state index contributed by atoms with van der Waals surface area (Å²) in [5.74, 6) is 0.543. The molecule has 0 radical (unpaired) electrons. The Balaban J connectivity index is 1.63. The molecule has 0 aliphatic carbocycles. The summed E-state index contributed by atoms with van der Waals surface area (Å²) in [6.45, 7) is 5.62. The maximum Gasteiger partial charge on any atom is 0.124 e. The third kappa shape index (κ3) is 18.2. The van der Waals surface area contributed by atoms with Gasteiger partial charge in [-0.3, -0.25) is 9.98 Å². The molecule has 0 bridgehead atoms. The molecule has 0 aromatic heterocycles. The van der Waals surface area contributed by atoms with Gasteiger partial charge < -0.3 is 10.2 Å². The minimum Gasteiger partial charge on any atom is -0.507 e. The van der Waals surface area contributed by atoms with Crippen LogP contribution in [-0.4, -0.2) is 35.7 Å². The highest BCUT2D eigenvalue weighted by atomic mass is 16.3. The molecule has 0 spiro atoms. The molecule has 44 heavy (non-hydrogen) atoms. The number of hydrogen-bond acceptors (Lipinski definition) is 4.